The van der Waals surface area contributed by atoms with Crippen molar-refractivity contribution in [2.24, 2.45) is 0 Å². The molecule has 0 radical (unpaired) electrons. The summed E-state index contributed by atoms with van der Waals surface area (Å²) in [4.78, 5) is 21.6. The Kier molecular flexibility index (Phi) is 7.33. The molecule has 2 N–H and O–H groups in total. The first-order valence-electron chi connectivity index (χ1n) is 5.92. The van der Waals surface area contributed by atoms with E-state index in [2.05, 4.69) is 5.32 Å². The summed E-state index contributed by atoms with van der Waals surface area (Å²) in [6.45, 7) is 5.05. The third-order valence-corrected chi connectivity index (χ3v) is 1.70. The lowest BCUT2D eigenvalue weighted by Crippen LogP contribution is -2.39. The quantitative estimate of drug-likeness (QED) is 0.723. The Bertz CT molecular complexity index is 327. The van der Waals surface area contributed by atoms with Crippen LogP contribution in [0.5, 0.6) is 0 Å². The SMILES string of the molecule is CC(C)(C)OC(=O)NCCOCCNC(=O)C(F)(F)F. The molecular weight excluding hydrogens is 281 g/mol. The van der Waals surface area contributed by atoms with E-state index < -0.39 is 23.8 Å². The van der Waals surface area contributed by atoms with Crippen molar-refractivity contribution in [3.8, 4) is 0 Å². The Morgan fingerprint density at radius 2 is 1.50 bits per heavy atom. The molecule has 9 heteroatoms. The summed E-state index contributed by atoms with van der Waals surface area (Å²) in [5.74, 6) is -2.01. The van der Waals surface area contributed by atoms with E-state index in [0.717, 1.165) is 0 Å². The van der Waals surface area contributed by atoms with Gasteiger partial charge in [-0.25, -0.2) is 4.79 Å². The molecule has 0 rings (SSSR count). The van der Waals surface area contributed by atoms with Crippen LogP contribution < -0.4 is 10.6 Å². The van der Waals surface area contributed by atoms with E-state index in [9.17, 15) is 22.8 Å². The molecule has 6 nitrogen and oxygen atoms in total. The lowest BCUT2D eigenvalue weighted by molar-refractivity contribution is -0.173. The predicted octanol–water partition coefficient (Wildman–Crippen LogP) is 1.21. The highest BCUT2D eigenvalue weighted by molar-refractivity contribution is 5.81. The largest absolute Gasteiger partial charge is 0.471 e. The van der Waals surface area contributed by atoms with Gasteiger partial charge in [0.2, 0.25) is 0 Å². The maximum Gasteiger partial charge on any atom is 0.471 e. The average molecular weight is 300 g/mol. The number of nitrogens with one attached hydrogen (secondary N) is 2. The molecular formula is C11H19F3N2O4. The number of halogens is 3. The monoisotopic (exact) mass is 300 g/mol. The second-order valence-electron chi connectivity index (χ2n) is 4.79. The third-order valence-electron chi connectivity index (χ3n) is 1.70. The molecule has 0 saturated heterocycles. The molecule has 0 heterocycles. The molecule has 0 bridgehead atoms. The van der Waals surface area contributed by atoms with Crippen molar-refractivity contribution in [1.82, 2.24) is 10.6 Å². The van der Waals surface area contributed by atoms with Crippen molar-refractivity contribution in [1.29, 1.82) is 0 Å². The molecule has 0 unspecified atom stereocenters. The molecule has 0 aliphatic rings. The highest BCUT2D eigenvalue weighted by Crippen LogP contribution is 2.13. The van der Waals surface area contributed by atoms with Crippen molar-refractivity contribution in [2.75, 3.05) is 26.3 Å². The molecule has 118 valence electrons. The minimum absolute atomic E-state index is 0.0855. The van der Waals surface area contributed by atoms with Crippen LogP contribution in [0.2, 0.25) is 0 Å². The van der Waals surface area contributed by atoms with E-state index in [1.54, 1.807) is 26.1 Å². The fourth-order valence-electron chi connectivity index (χ4n) is 0.978. The molecule has 0 saturated carbocycles. The fourth-order valence-corrected chi connectivity index (χ4v) is 0.978. The zero-order valence-corrected chi connectivity index (χ0v) is 11.6. The molecule has 0 aromatic carbocycles. The minimum Gasteiger partial charge on any atom is -0.444 e. The first-order chi connectivity index (χ1) is 9.02. The number of alkyl halides is 3. The van der Waals surface area contributed by atoms with Crippen molar-refractivity contribution in [2.45, 2.75) is 32.5 Å². The minimum atomic E-state index is -4.89. The van der Waals surface area contributed by atoms with Crippen LogP contribution in [0, 0.1) is 0 Å². The number of carbonyl (C=O) groups is 2. The van der Waals surface area contributed by atoms with Gasteiger partial charge in [0.15, 0.2) is 0 Å². The molecule has 0 aliphatic carbocycles. The number of amides is 2. The third kappa shape index (κ3) is 10.4. The summed E-state index contributed by atoms with van der Waals surface area (Å²) in [7, 11) is 0. The smallest absolute Gasteiger partial charge is 0.444 e. The van der Waals surface area contributed by atoms with Crippen LogP contribution in [0.1, 0.15) is 20.8 Å². The van der Waals surface area contributed by atoms with Crippen LogP contribution in [0.3, 0.4) is 0 Å². The fraction of sp³-hybridized carbons (Fsp3) is 0.818. The van der Waals surface area contributed by atoms with Crippen molar-refractivity contribution in [3.63, 3.8) is 0 Å². The van der Waals surface area contributed by atoms with Gasteiger partial charge in [0.05, 0.1) is 13.2 Å². The summed E-state index contributed by atoms with van der Waals surface area (Å²) in [5, 5.41) is 4.06. The van der Waals surface area contributed by atoms with Crippen LogP contribution in [-0.4, -0.2) is 50.1 Å². The standard InChI is InChI=1S/C11H19F3N2O4/c1-10(2,3)20-9(18)16-5-7-19-6-4-15-8(17)11(12,13)14/h4-7H2,1-3H3,(H,15,17)(H,16,18). The van der Waals surface area contributed by atoms with E-state index in [1.165, 1.54) is 0 Å². The Balaban J connectivity index is 3.51. The molecule has 0 aromatic rings. The maximum absolute atomic E-state index is 11.8. The van der Waals surface area contributed by atoms with Crippen molar-refractivity contribution in [3.05, 3.63) is 0 Å². The summed E-state index contributed by atoms with van der Waals surface area (Å²) in [6, 6.07) is 0. The molecule has 0 aliphatic heterocycles. The van der Waals surface area contributed by atoms with Crippen LogP contribution in [0.15, 0.2) is 0 Å². The zero-order chi connectivity index (χ0) is 15.8. The van der Waals surface area contributed by atoms with Gasteiger partial charge in [0, 0.05) is 13.1 Å². The highest BCUT2D eigenvalue weighted by Gasteiger charge is 2.38. The zero-order valence-electron chi connectivity index (χ0n) is 11.6. The van der Waals surface area contributed by atoms with Gasteiger partial charge >= 0.3 is 18.2 Å². The Hall–Kier alpha value is -1.51. The van der Waals surface area contributed by atoms with E-state index in [-0.39, 0.29) is 26.3 Å². The van der Waals surface area contributed by atoms with Gasteiger partial charge in [-0.15, -0.1) is 0 Å². The highest BCUT2D eigenvalue weighted by atomic mass is 19.4. The lowest BCUT2D eigenvalue weighted by atomic mass is 10.2. The molecule has 20 heavy (non-hydrogen) atoms. The number of rotatable bonds is 6. The Labute approximate surface area is 115 Å². The first-order valence-corrected chi connectivity index (χ1v) is 5.92. The second kappa shape index (κ2) is 7.93. The van der Waals surface area contributed by atoms with Gasteiger partial charge in [-0.05, 0) is 20.8 Å². The maximum atomic E-state index is 11.8. The number of hydrogen-bond acceptors (Lipinski definition) is 4. The number of alkyl carbamates (subject to hydrolysis) is 1. The van der Waals surface area contributed by atoms with Crippen molar-refractivity contribution < 1.29 is 32.2 Å². The number of ether oxygens (including phenoxy) is 2. The Morgan fingerprint density at radius 1 is 1.00 bits per heavy atom. The van der Waals surface area contributed by atoms with Gasteiger partial charge in [-0.3, -0.25) is 4.79 Å². The van der Waals surface area contributed by atoms with Crippen molar-refractivity contribution >= 4 is 12.0 Å². The topological polar surface area (TPSA) is 76.7 Å². The van der Waals surface area contributed by atoms with Crippen LogP contribution in [-0.2, 0) is 14.3 Å². The van der Waals surface area contributed by atoms with E-state index >= 15 is 0 Å². The summed E-state index contributed by atoms with van der Waals surface area (Å²) >= 11 is 0. The van der Waals surface area contributed by atoms with Gasteiger partial charge in [-0.2, -0.15) is 13.2 Å². The van der Waals surface area contributed by atoms with Gasteiger partial charge in [-0.1, -0.05) is 0 Å². The normalized spacial score (nSPS) is 11.9. The van der Waals surface area contributed by atoms with Gasteiger partial charge in [0.25, 0.3) is 0 Å². The molecule has 0 aromatic heterocycles. The second-order valence-corrected chi connectivity index (χ2v) is 4.79. The van der Waals surface area contributed by atoms with Crippen LogP contribution in [0.25, 0.3) is 0 Å². The summed E-state index contributed by atoms with van der Waals surface area (Å²) in [5.41, 5.74) is -0.604. The Morgan fingerprint density at radius 3 is 1.95 bits per heavy atom. The molecule has 0 atom stereocenters. The lowest BCUT2D eigenvalue weighted by Gasteiger charge is -2.19. The van der Waals surface area contributed by atoms with E-state index in [0.29, 0.717) is 0 Å². The van der Waals surface area contributed by atoms with Crippen LogP contribution >= 0.6 is 0 Å². The van der Waals surface area contributed by atoms with E-state index in [1.807, 2.05) is 0 Å². The number of hydrogen-bond donors (Lipinski definition) is 2. The van der Waals surface area contributed by atoms with E-state index in [4.69, 9.17) is 9.47 Å². The molecule has 0 spiro atoms. The number of carbonyl (C=O) groups excluding carboxylic acids is 2. The van der Waals surface area contributed by atoms with Gasteiger partial charge in [0.1, 0.15) is 5.60 Å². The first kappa shape index (κ1) is 18.5. The summed E-state index contributed by atoms with van der Waals surface area (Å²) in [6.07, 6.45) is -5.50. The van der Waals surface area contributed by atoms with Crippen LogP contribution in [0.4, 0.5) is 18.0 Å². The van der Waals surface area contributed by atoms with Gasteiger partial charge < -0.3 is 20.1 Å². The molecule has 0 fully saturated rings. The predicted molar refractivity (Wildman–Crippen MR) is 64.1 cm³/mol. The molecule has 2 amide bonds. The average Bonchev–Trinajstić information content (AvgIpc) is 2.23. The summed E-state index contributed by atoms with van der Waals surface area (Å²) < 4.78 is 45.2.